The van der Waals surface area contributed by atoms with Crippen molar-refractivity contribution in [1.82, 2.24) is 4.98 Å². The molecule has 2 nitrogen and oxygen atoms in total. The zero-order valence-electron chi connectivity index (χ0n) is 11.1. The van der Waals surface area contributed by atoms with Crippen LogP contribution in [0.3, 0.4) is 0 Å². The van der Waals surface area contributed by atoms with Crippen LogP contribution in [0.1, 0.15) is 11.1 Å². The van der Waals surface area contributed by atoms with E-state index >= 15 is 0 Å². The van der Waals surface area contributed by atoms with Crippen LogP contribution in [0.15, 0.2) is 54.6 Å². The summed E-state index contributed by atoms with van der Waals surface area (Å²) in [7, 11) is 1.49. The zero-order chi connectivity index (χ0) is 13.9. The third-order valence-electron chi connectivity index (χ3n) is 3.26. The first-order valence-corrected chi connectivity index (χ1v) is 6.43. The predicted octanol–water partition coefficient (Wildman–Crippen LogP) is 3.97. The standard InChI is InChI=1S/C17H14FNO/c1-20-17-11-13(10-16(18)19-17)8-12-6-7-14-4-2-3-5-15(14)9-12/h2-7,9-11H,8H2,1H3. The summed E-state index contributed by atoms with van der Waals surface area (Å²) in [6.45, 7) is 0. The molecule has 3 aromatic rings. The summed E-state index contributed by atoms with van der Waals surface area (Å²) in [5, 5.41) is 2.39. The molecule has 100 valence electrons. The first-order valence-electron chi connectivity index (χ1n) is 6.43. The van der Waals surface area contributed by atoms with Gasteiger partial charge >= 0.3 is 0 Å². The minimum atomic E-state index is -0.514. The lowest BCUT2D eigenvalue weighted by Crippen LogP contribution is -1.95. The Morgan fingerprint density at radius 3 is 2.55 bits per heavy atom. The van der Waals surface area contributed by atoms with Crippen LogP contribution in [0.25, 0.3) is 10.8 Å². The van der Waals surface area contributed by atoms with Crippen LogP contribution in [-0.4, -0.2) is 12.1 Å². The number of nitrogens with zero attached hydrogens (tertiary/aromatic N) is 1. The van der Waals surface area contributed by atoms with Gasteiger partial charge in [-0.3, -0.25) is 0 Å². The van der Waals surface area contributed by atoms with E-state index in [1.54, 1.807) is 6.07 Å². The largest absolute Gasteiger partial charge is 0.481 e. The zero-order valence-corrected chi connectivity index (χ0v) is 11.1. The number of halogens is 1. The number of methoxy groups -OCH3 is 1. The maximum atomic E-state index is 13.4. The summed E-state index contributed by atoms with van der Waals surface area (Å²) in [5.41, 5.74) is 1.99. The van der Waals surface area contributed by atoms with Crippen LogP contribution in [-0.2, 0) is 6.42 Å². The van der Waals surface area contributed by atoms with Crippen molar-refractivity contribution < 1.29 is 9.13 Å². The highest BCUT2D eigenvalue weighted by molar-refractivity contribution is 5.83. The number of pyridine rings is 1. The van der Waals surface area contributed by atoms with Crippen molar-refractivity contribution in [1.29, 1.82) is 0 Å². The van der Waals surface area contributed by atoms with Crippen molar-refractivity contribution in [2.45, 2.75) is 6.42 Å². The number of ether oxygens (including phenoxy) is 1. The third-order valence-corrected chi connectivity index (χ3v) is 3.26. The van der Waals surface area contributed by atoms with Gasteiger partial charge < -0.3 is 4.74 Å². The lowest BCUT2D eigenvalue weighted by atomic mass is 10.0. The van der Waals surface area contributed by atoms with Gasteiger partial charge in [0.05, 0.1) is 7.11 Å². The molecule has 0 fully saturated rings. The molecular formula is C17H14FNO. The Labute approximate surface area is 116 Å². The van der Waals surface area contributed by atoms with E-state index in [0.717, 1.165) is 11.1 Å². The van der Waals surface area contributed by atoms with E-state index in [0.29, 0.717) is 12.3 Å². The molecule has 0 aliphatic heterocycles. The van der Waals surface area contributed by atoms with Gasteiger partial charge in [-0.2, -0.15) is 9.37 Å². The number of rotatable bonds is 3. The normalized spacial score (nSPS) is 10.7. The van der Waals surface area contributed by atoms with Gasteiger partial charge in [0.2, 0.25) is 11.8 Å². The molecule has 1 heterocycles. The Hall–Kier alpha value is -2.42. The maximum Gasteiger partial charge on any atom is 0.216 e. The minimum absolute atomic E-state index is 0.306. The van der Waals surface area contributed by atoms with Crippen molar-refractivity contribution in [3.05, 3.63) is 71.7 Å². The highest BCUT2D eigenvalue weighted by Gasteiger charge is 2.04. The number of aromatic nitrogens is 1. The smallest absolute Gasteiger partial charge is 0.216 e. The van der Waals surface area contributed by atoms with Crippen molar-refractivity contribution in [3.8, 4) is 5.88 Å². The van der Waals surface area contributed by atoms with Gasteiger partial charge in [-0.25, -0.2) is 0 Å². The van der Waals surface area contributed by atoms with Crippen molar-refractivity contribution >= 4 is 10.8 Å². The Kier molecular flexibility index (Phi) is 3.33. The van der Waals surface area contributed by atoms with Gasteiger partial charge in [-0.15, -0.1) is 0 Å². The fourth-order valence-electron chi connectivity index (χ4n) is 2.31. The molecule has 2 aromatic carbocycles. The Morgan fingerprint density at radius 2 is 1.75 bits per heavy atom. The van der Waals surface area contributed by atoms with E-state index in [4.69, 9.17) is 4.74 Å². The molecule has 1 aromatic heterocycles. The Bertz CT molecular complexity index is 755. The number of benzene rings is 2. The molecule has 0 aliphatic rings. The molecule has 3 heteroatoms. The molecule has 0 saturated heterocycles. The molecule has 0 amide bonds. The van der Waals surface area contributed by atoms with Crippen LogP contribution in [0, 0.1) is 5.95 Å². The predicted molar refractivity (Wildman–Crippen MR) is 77.5 cm³/mol. The number of fused-ring (bicyclic) bond motifs is 1. The van der Waals surface area contributed by atoms with Gasteiger partial charge in [-0.1, -0.05) is 42.5 Å². The first kappa shape index (κ1) is 12.6. The molecule has 0 atom stereocenters. The highest BCUT2D eigenvalue weighted by Crippen LogP contribution is 2.20. The van der Waals surface area contributed by atoms with Gasteiger partial charge in [0, 0.05) is 6.07 Å². The topological polar surface area (TPSA) is 22.1 Å². The highest BCUT2D eigenvalue weighted by atomic mass is 19.1. The molecule has 3 rings (SSSR count). The van der Waals surface area contributed by atoms with Gasteiger partial charge in [0.15, 0.2) is 0 Å². The van der Waals surface area contributed by atoms with Crippen LogP contribution < -0.4 is 4.74 Å². The molecule has 0 saturated carbocycles. The van der Waals surface area contributed by atoms with Crippen LogP contribution in [0.2, 0.25) is 0 Å². The SMILES string of the molecule is COc1cc(Cc2ccc3ccccc3c2)cc(F)n1. The minimum Gasteiger partial charge on any atom is -0.481 e. The molecular weight excluding hydrogens is 253 g/mol. The maximum absolute atomic E-state index is 13.4. The molecule has 20 heavy (non-hydrogen) atoms. The summed E-state index contributed by atoms with van der Waals surface area (Å²) in [6.07, 6.45) is 0.653. The summed E-state index contributed by atoms with van der Waals surface area (Å²) in [6, 6.07) is 17.7. The van der Waals surface area contributed by atoms with E-state index < -0.39 is 5.95 Å². The molecule has 0 spiro atoms. The quantitative estimate of drug-likeness (QED) is 0.670. The van der Waals surface area contributed by atoms with Crippen LogP contribution >= 0.6 is 0 Å². The number of hydrogen-bond donors (Lipinski definition) is 0. The van der Waals surface area contributed by atoms with E-state index in [2.05, 4.69) is 35.3 Å². The van der Waals surface area contributed by atoms with Crippen molar-refractivity contribution in [3.63, 3.8) is 0 Å². The second-order valence-electron chi connectivity index (χ2n) is 4.70. The first-order chi connectivity index (χ1) is 9.74. The number of hydrogen-bond acceptors (Lipinski definition) is 2. The molecule has 0 bridgehead atoms. The Balaban J connectivity index is 1.94. The fraction of sp³-hybridized carbons (Fsp3) is 0.118. The summed E-state index contributed by atoms with van der Waals surface area (Å²) in [4.78, 5) is 3.65. The molecule has 0 N–H and O–H groups in total. The van der Waals surface area contributed by atoms with Crippen molar-refractivity contribution in [2.75, 3.05) is 7.11 Å². The average molecular weight is 267 g/mol. The monoisotopic (exact) mass is 267 g/mol. The third kappa shape index (κ3) is 2.62. The second kappa shape index (κ2) is 5.29. The van der Waals surface area contributed by atoms with Crippen molar-refractivity contribution in [2.24, 2.45) is 0 Å². The van der Waals surface area contributed by atoms with E-state index in [9.17, 15) is 4.39 Å². The summed E-state index contributed by atoms with van der Waals surface area (Å²) >= 11 is 0. The Morgan fingerprint density at radius 1 is 0.950 bits per heavy atom. The van der Waals surface area contributed by atoms with Gasteiger partial charge in [-0.05, 0) is 34.4 Å². The molecule has 0 aliphatic carbocycles. The fourth-order valence-corrected chi connectivity index (χ4v) is 2.31. The second-order valence-corrected chi connectivity index (χ2v) is 4.70. The van der Waals surface area contributed by atoms with E-state index in [-0.39, 0.29) is 0 Å². The lowest BCUT2D eigenvalue weighted by Gasteiger charge is -2.06. The van der Waals surface area contributed by atoms with Gasteiger partial charge in [0.1, 0.15) is 0 Å². The lowest BCUT2D eigenvalue weighted by molar-refractivity contribution is 0.386. The molecule has 0 unspecified atom stereocenters. The van der Waals surface area contributed by atoms with Crippen LogP contribution in [0.4, 0.5) is 4.39 Å². The molecule has 0 radical (unpaired) electrons. The average Bonchev–Trinajstić information content (AvgIpc) is 2.46. The van der Waals surface area contributed by atoms with Gasteiger partial charge in [0.25, 0.3) is 0 Å². The summed E-state index contributed by atoms with van der Waals surface area (Å²) in [5.74, 6) is -0.207. The summed E-state index contributed by atoms with van der Waals surface area (Å²) < 4.78 is 18.4. The van der Waals surface area contributed by atoms with E-state index in [1.165, 1.54) is 23.9 Å². The van der Waals surface area contributed by atoms with E-state index in [1.807, 2.05) is 12.1 Å². The van der Waals surface area contributed by atoms with Crippen LogP contribution in [0.5, 0.6) is 5.88 Å².